The Kier molecular flexibility index (Phi) is 4.59. The first kappa shape index (κ1) is 15.5. The van der Waals surface area contributed by atoms with Crippen molar-refractivity contribution in [3.63, 3.8) is 0 Å². The summed E-state index contributed by atoms with van der Waals surface area (Å²) in [6.07, 6.45) is 0. The maximum Gasteiger partial charge on any atom is 0.262 e. The summed E-state index contributed by atoms with van der Waals surface area (Å²) in [4.78, 5) is 11.9. The van der Waals surface area contributed by atoms with E-state index in [4.69, 9.17) is 0 Å². The van der Waals surface area contributed by atoms with Crippen molar-refractivity contribution in [2.45, 2.75) is 11.8 Å². The molecule has 2 aromatic rings. The lowest BCUT2D eigenvalue weighted by atomic mass is 10.3. The number of thiophene rings is 1. The Balaban J connectivity index is 2.20. The van der Waals surface area contributed by atoms with E-state index in [0.29, 0.717) is 11.4 Å². The number of nitrogens with one attached hydrogen (secondary N) is 2. The molecule has 21 heavy (non-hydrogen) atoms. The van der Waals surface area contributed by atoms with Gasteiger partial charge in [-0.25, -0.2) is 12.8 Å². The topological polar surface area (TPSA) is 75.3 Å². The highest BCUT2D eigenvalue weighted by Crippen LogP contribution is 2.22. The molecule has 1 aromatic heterocycles. The highest BCUT2D eigenvalue weighted by atomic mass is 32.2. The molecule has 0 atom stereocenters. The van der Waals surface area contributed by atoms with Crippen molar-refractivity contribution >= 4 is 33.0 Å². The highest BCUT2D eigenvalue weighted by molar-refractivity contribution is 7.92. The largest absolute Gasteiger partial charge is 0.352 e. The average Bonchev–Trinajstić information content (AvgIpc) is 2.92. The lowest BCUT2D eigenvalue weighted by molar-refractivity contribution is 0.0959. The van der Waals surface area contributed by atoms with E-state index >= 15 is 0 Å². The van der Waals surface area contributed by atoms with Gasteiger partial charge in [0.25, 0.3) is 15.9 Å². The first-order chi connectivity index (χ1) is 9.92. The number of benzene rings is 1. The second kappa shape index (κ2) is 6.23. The molecule has 0 saturated carbocycles. The van der Waals surface area contributed by atoms with Crippen molar-refractivity contribution in [2.24, 2.45) is 0 Å². The number of hydrogen-bond donors (Lipinski definition) is 2. The number of anilines is 1. The van der Waals surface area contributed by atoms with Crippen LogP contribution in [0.3, 0.4) is 0 Å². The maximum absolute atomic E-state index is 12.8. The number of sulfonamides is 1. The summed E-state index contributed by atoms with van der Waals surface area (Å²) >= 11 is 1.05. The molecule has 2 N–H and O–H groups in total. The molecule has 1 heterocycles. The van der Waals surface area contributed by atoms with Crippen LogP contribution in [0.25, 0.3) is 0 Å². The lowest BCUT2D eigenvalue weighted by Gasteiger charge is -2.06. The fourth-order valence-electron chi connectivity index (χ4n) is 1.56. The smallest absolute Gasteiger partial charge is 0.262 e. The van der Waals surface area contributed by atoms with Gasteiger partial charge >= 0.3 is 0 Å². The van der Waals surface area contributed by atoms with E-state index < -0.39 is 15.8 Å². The molecule has 0 saturated heterocycles. The minimum atomic E-state index is -3.80. The van der Waals surface area contributed by atoms with Crippen LogP contribution in [0.2, 0.25) is 0 Å². The van der Waals surface area contributed by atoms with Gasteiger partial charge in [0, 0.05) is 17.6 Å². The van der Waals surface area contributed by atoms with Crippen molar-refractivity contribution in [1.82, 2.24) is 5.32 Å². The summed E-state index contributed by atoms with van der Waals surface area (Å²) in [7, 11) is -3.80. The van der Waals surface area contributed by atoms with Crippen LogP contribution >= 0.6 is 11.3 Å². The number of amides is 1. The zero-order chi connectivity index (χ0) is 15.5. The monoisotopic (exact) mass is 328 g/mol. The Bertz CT molecular complexity index is 739. The van der Waals surface area contributed by atoms with Crippen LogP contribution in [-0.4, -0.2) is 20.9 Å². The third-order valence-corrected chi connectivity index (χ3v) is 4.98. The van der Waals surface area contributed by atoms with E-state index in [2.05, 4.69) is 10.0 Å². The zero-order valence-electron chi connectivity index (χ0n) is 11.1. The summed E-state index contributed by atoms with van der Waals surface area (Å²) < 4.78 is 39.4. The molecule has 0 aliphatic heterocycles. The first-order valence-corrected chi connectivity index (χ1v) is 8.44. The molecule has 0 unspecified atom stereocenters. The van der Waals surface area contributed by atoms with Gasteiger partial charge in [-0.1, -0.05) is 0 Å². The van der Waals surface area contributed by atoms with E-state index in [1.807, 2.05) is 0 Å². The average molecular weight is 328 g/mol. The minimum Gasteiger partial charge on any atom is -0.352 e. The van der Waals surface area contributed by atoms with Crippen LogP contribution in [0.5, 0.6) is 0 Å². The van der Waals surface area contributed by atoms with E-state index in [9.17, 15) is 17.6 Å². The molecule has 0 fully saturated rings. The van der Waals surface area contributed by atoms with Gasteiger partial charge in [-0.05, 0) is 37.3 Å². The number of carbonyl (C=O) groups excluding carboxylic acids is 1. The lowest BCUT2D eigenvalue weighted by Crippen LogP contribution is -2.21. The number of carbonyl (C=O) groups is 1. The fraction of sp³-hybridized carbons (Fsp3) is 0.154. The van der Waals surface area contributed by atoms with Crippen molar-refractivity contribution in [2.75, 3.05) is 11.3 Å². The number of rotatable bonds is 5. The number of hydrogen-bond acceptors (Lipinski definition) is 4. The molecule has 0 radical (unpaired) electrons. The van der Waals surface area contributed by atoms with Crippen LogP contribution in [0.4, 0.5) is 10.1 Å². The van der Waals surface area contributed by atoms with Gasteiger partial charge in [-0.15, -0.1) is 11.3 Å². The van der Waals surface area contributed by atoms with E-state index in [1.54, 1.807) is 6.92 Å². The molecule has 0 spiro atoms. The molecule has 1 aromatic carbocycles. The Labute approximate surface area is 125 Å². The quantitative estimate of drug-likeness (QED) is 0.885. The zero-order valence-corrected chi connectivity index (χ0v) is 12.7. The third kappa shape index (κ3) is 3.79. The van der Waals surface area contributed by atoms with Gasteiger partial charge in [0.05, 0.1) is 9.77 Å². The SMILES string of the molecule is CCNC(=O)c1cc(S(=O)(=O)Nc2ccc(F)cc2)cs1. The molecule has 0 aliphatic carbocycles. The van der Waals surface area contributed by atoms with Gasteiger partial charge in [0.2, 0.25) is 0 Å². The predicted octanol–water partition coefficient (Wildman–Crippen LogP) is 2.44. The van der Waals surface area contributed by atoms with Crippen molar-refractivity contribution < 1.29 is 17.6 Å². The highest BCUT2D eigenvalue weighted by Gasteiger charge is 2.18. The summed E-state index contributed by atoms with van der Waals surface area (Å²) in [5, 5.41) is 3.98. The molecule has 2 rings (SSSR count). The Morgan fingerprint density at radius 1 is 1.29 bits per heavy atom. The second-order valence-corrected chi connectivity index (χ2v) is 6.71. The molecule has 8 heteroatoms. The summed E-state index contributed by atoms with van der Waals surface area (Å²) in [5.74, 6) is -0.766. The van der Waals surface area contributed by atoms with Crippen molar-refractivity contribution in [1.29, 1.82) is 0 Å². The van der Waals surface area contributed by atoms with Crippen LogP contribution in [0, 0.1) is 5.82 Å². The Morgan fingerprint density at radius 2 is 1.95 bits per heavy atom. The first-order valence-electron chi connectivity index (χ1n) is 6.07. The summed E-state index contributed by atoms with van der Waals surface area (Å²) in [6.45, 7) is 2.24. The predicted molar refractivity (Wildman–Crippen MR) is 79.5 cm³/mol. The molecular weight excluding hydrogens is 315 g/mol. The van der Waals surface area contributed by atoms with Crippen LogP contribution in [0.1, 0.15) is 16.6 Å². The molecular formula is C13H13FN2O3S2. The maximum atomic E-state index is 12.8. The third-order valence-electron chi connectivity index (χ3n) is 2.54. The molecule has 1 amide bonds. The fourth-order valence-corrected chi connectivity index (χ4v) is 3.81. The number of halogens is 1. The van der Waals surface area contributed by atoms with Gasteiger partial charge in [0.15, 0.2) is 0 Å². The second-order valence-electron chi connectivity index (χ2n) is 4.12. The van der Waals surface area contributed by atoms with Gasteiger partial charge in [-0.3, -0.25) is 9.52 Å². The van der Waals surface area contributed by atoms with E-state index in [1.165, 1.54) is 23.6 Å². The van der Waals surface area contributed by atoms with E-state index in [-0.39, 0.29) is 16.5 Å². The summed E-state index contributed by atoms with van der Waals surface area (Å²) in [5.41, 5.74) is 0.252. The molecule has 5 nitrogen and oxygen atoms in total. The minimum absolute atomic E-state index is 0.00178. The standard InChI is InChI=1S/C13H13FN2O3S2/c1-2-15-13(17)12-7-11(8-20-12)21(18,19)16-10-5-3-9(14)4-6-10/h3-8,16H,2H2,1H3,(H,15,17). The van der Waals surface area contributed by atoms with Crippen LogP contribution in [0.15, 0.2) is 40.6 Å². The molecule has 112 valence electrons. The normalized spacial score (nSPS) is 11.1. The van der Waals surface area contributed by atoms with Crippen molar-refractivity contribution in [3.05, 3.63) is 46.4 Å². The molecule has 0 aliphatic rings. The van der Waals surface area contributed by atoms with Crippen molar-refractivity contribution in [3.8, 4) is 0 Å². The summed E-state index contributed by atoms with van der Waals surface area (Å²) in [6, 6.07) is 6.27. The van der Waals surface area contributed by atoms with Gasteiger partial charge in [-0.2, -0.15) is 0 Å². The van der Waals surface area contributed by atoms with Crippen LogP contribution < -0.4 is 10.0 Å². The van der Waals surface area contributed by atoms with Gasteiger partial charge < -0.3 is 5.32 Å². The Morgan fingerprint density at radius 3 is 2.57 bits per heavy atom. The van der Waals surface area contributed by atoms with Crippen LogP contribution in [-0.2, 0) is 10.0 Å². The van der Waals surface area contributed by atoms with Gasteiger partial charge in [0.1, 0.15) is 5.82 Å². The Hall–Kier alpha value is -1.93. The molecule has 0 bridgehead atoms. The van der Waals surface area contributed by atoms with E-state index in [0.717, 1.165) is 23.5 Å².